The summed E-state index contributed by atoms with van der Waals surface area (Å²) in [4.78, 5) is 37.6. The Labute approximate surface area is 150 Å². The van der Waals surface area contributed by atoms with Crippen molar-refractivity contribution in [2.24, 2.45) is 0 Å². The van der Waals surface area contributed by atoms with E-state index in [0.29, 0.717) is 36.7 Å². The first-order valence-corrected chi connectivity index (χ1v) is 8.54. The minimum atomic E-state index is -0.891. The summed E-state index contributed by atoms with van der Waals surface area (Å²) in [6.45, 7) is 4.35. The molecule has 0 unspecified atom stereocenters. The average molecular weight is 366 g/mol. The number of halogens is 1. The van der Waals surface area contributed by atoms with Gasteiger partial charge in [0.2, 0.25) is 0 Å². The van der Waals surface area contributed by atoms with Crippen molar-refractivity contribution in [3.05, 3.63) is 28.8 Å². The number of hydrogen-bond donors (Lipinski definition) is 2. The number of nitrogens with one attached hydrogen (secondary N) is 2. The topological polar surface area (TPSA) is 87.7 Å². The lowest BCUT2D eigenvalue weighted by atomic mass is 9.87. The molecule has 134 valence electrons. The second-order valence-corrected chi connectivity index (χ2v) is 6.92. The number of urea groups is 1. The number of carbonyl (C=O) groups is 3. The van der Waals surface area contributed by atoms with E-state index in [1.807, 2.05) is 13.0 Å². The Hall–Kier alpha value is -2.28. The van der Waals surface area contributed by atoms with Gasteiger partial charge in [0.1, 0.15) is 11.3 Å². The van der Waals surface area contributed by atoms with Gasteiger partial charge in [-0.1, -0.05) is 17.7 Å². The first kappa shape index (κ1) is 17.5. The van der Waals surface area contributed by atoms with Crippen molar-refractivity contribution in [2.45, 2.75) is 38.3 Å². The van der Waals surface area contributed by atoms with E-state index in [9.17, 15) is 14.4 Å². The number of amides is 4. The fourth-order valence-electron chi connectivity index (χ4n) is 3.19. The molecule has 1 aromatic rings. The van der Waals surface area contributed by atoms with Crippen molar-refractivity contribution in [2.75, 3.05) is 13.1 Å². The molecule has 7 nitrogen and oxygen atoms in total. The molecule has 0 radical (unpaired) electrons. The molecule has 2 N–H and O–H groups in total. The number of carbonyl (C=O) groups excluding carboxylic acids is 3. The number of ether oxygens (including phenoxy) is 1. The van der Waals surface area contributed by atoms with Crippen LogP contribution in [0, 0.1) is 6.92 Å². The van der Waals surface area contributed by atoms with Crippen LogP contribution in [0.1, 0.15) is 25.3 Å². The van der Waals surface area contributed by atoms with Crippen LogP contribution in [-0.4, -0.2) is 47.5 Å². The summed E-state index contributed by atoms with van der Waals surface area (Å²) < 4.78 is 5.72. The maximum atomic E-state index is 12.6. The van der Waals surface area contributed by atoms with Gasteiger partial charge in [0.15, 0.2) is 6.10 Å². The Morgan fingerprint density at radius 3 is 2.60 bits per heavy atom. The van der Waals surface area contributed by atoms with Crippen molar-refractivity contribution < 1.29 is 19.1 Å². The third-order valence-electron chi connectivity index (χ3n) is 4.68. The number of benzene rings is 1. The second kappa shape index (κ2) is 6.55. The Morgan fingerprint density at radius 1 is 1.32 bits per heavy atom. The highest BCUT2D eigenvalue weighted by Gasteiger charge is 2.48. The van der Waals surface area contributed by atoms with Gasteiger partial charge in [-0.25, -0.2) is 4.79 Å². The predicted octanol–water partition coefficient (Wildman–Crippen LogP) is 1.62. The maximum Gasteiger partial charge on any atom is 0.322 e. The van der Waals surface area contributed by atoms with Gasteiger partial charge in [0.25, 0.3) is 11.8 Å². The van der Waals surface area contributed by atoms with Gasteiger partial charge in [-0.3, -0.25) is 14.9 Å². The summed E-state index contributed by atoms with van der Waals surface area (Å²) in [6, 6.07) is 4.91. The molecule has 0 bridgehead atoms. The van der Waals surface area contributed by atoms with Crippen molar-refractivity contribution in [1.82, 2.24) is 15.5 Å². The summed E-state index contributed by atoms with van der Waals surface area (Å²) in [7, 11) is 0. The normalized spacial score (nSPS) is 20.2. The number of nitrogens with zero attached hydrogens (tertiary/aromatic N) is 1. The quantitative estimate of drug-likeness (QED) is 0.797. The average Bonchev–Trinajstić information content (AvgIpc) is 2.84. The van der Waals surface area contributed by atoms with Crippen LogP contribution < -0.4 is 15.4 Å². The lowest BCUT2D eigenvalue weighted by Gasteiger charge is -2.37. The predicted molar refractivity (Wildman–Crippen MR) is 91.5 cm³/mol. The van der Waals surface area contributed by atoms with Gasteiger partial charge >= 0.3 is 6.03 Å². The minimum absolute atomic E-state index is 0.169. The Bertz CT molecular complexity index is 729. The molecule has 1 spiro atoms. The van der Waals surface area contributed by atoms with E-state index < -0.39 is 17.7 Å². The number of rotatable bonds is 3. The SMILES string of the molecule is Cc1ccc(Cl)c(O[C@@H](C)C(=O)N2CCC3(CC2)NC(=O)NC3=O)c1. The lowest BCUT2D eigenvalue weighted by Crippen LogP contribution is -2.57. The van der Waals surface area contributed by atoms with Crippen LogP contribution in [0.3, 0.4) is 0 Å². The Balaban J connectivity index is 1.61. The third-order valence-corrected chi connectivity index (χ3v) is 4.99. The highest BCUT2D eigenvalue weighted by Crippen LogP contribution is 2.28. The summed E-state index contributed by atoms with van der Waals surface area (Å²) >= 11 is 6.11. The molecule has 4 amide bonds. The van der Waals surface area contributed by atoms with Crippen LogP contribution in [0.25, 0.3) is 0 Å². The van der Waals surface area contributed by atoms with Crippen molar-refractivity contribution in [3.8, 4) is 5.75 Å². The van der Waals surface area contributed by atoms with E-state index in [-0.39, 0.29) is 11.8 Å². The molecule has 2 aliphatic rings. The molecule has 2 saturated heterocycles. The van der Waals surface area contributed by atoms with Gasteiger partial charge in [-0.2, -0.15) is 0 Å². The van der Waals surface area contributed by atoms with E-state index in [1.54, 1.807) is 24.0 Å². The number of imide groups is 1. The van der Waals surface area contributed by atoms with E-state index in [0.717, 1.165) is 5.56 Å². The fraction of sp³-hybridized carbons (Fsp3) is 0.471. The summed E-state index contributed by atoms with van der Waals surface area (Å²) in [5.74, 6) is -0.0176. The van der Waals surface area contributed by atoms with Crippen LogP contribution in [0.5, 0.6) is 5.75 Å². The molecule has 2 heterocycles. The summed E-state index contributed by atoms with van der Waals surface area (Å²) in [5, 5.41) is 5.38. The number of piperidine rings is 1. The molecule has 1 atom stereocenters. The first-order chi connectivity index (χ1) is 11.8. The van der Waals surface area contributed by atoms with Crippen LogP contribution in [0.15, 0.2) is 18.2 Å². The van der Waals surface area contributed by atoms with Crippen molar-refractivity contribution in [1.29, 1.82) is 0 Å². The Kier molecular flexibility index (Phi) is 4.60. The highest BCUT2D eigenvalue weighted by molar-refractivity contribution is 6.32. The smallest absolute Gasteiger partial charge is 0.322 e. The maximum absolute atomic E-state index is 12.6. The molecule has 2 aliphatic heterocycles. The van der Waals surface area contributed by atoms with Gasteiger partial charge in [0.05, 0.1) is 5.02 Å². The molecule has 3 rings (SSSR count). The van der Waals surface area contributed by atoms with Crippen LogP contribution in [-0.2, 0) is 9.59 Å². The number of hydrogen-bond acceptors (Lipinski definition) is 4. The molecule has 0 saturated carbocycles. The highest BCUT2D eigenvalue weighted by atomic mass is 35.5. The van der Waals surface area contributed by atoms with Gasteiger partial charge < -0.3 is 15.0 Å². The second-order valence-electron chi connectivity index (χ2n) is 6.51. The van der Waals surface area contributed by atoms with E-state index in [1.165, 1.54) is 0 Å². The molecule has 0 aromatic heterocycles. The first-order valence-electron chi connectivity index (χ1n) is 8.16. The molecule has 25 heavy (non-hydrogen) atoms. The van der Waals surface area contributed by atoms with Gasteiger partial charge in [-0.15, -0.1) is 0 Å². The van der Waals surface area contributed by atoms with Gasteiger partial charge in [0, 0.05) is 13.1 Å². The minimum Gasteiger partial charge on any atom is -0.479 e. The van der Waals surface area contributed by atoms with E-state index in [4.69, 9.17) is 16.3 Å². The fourth-order valence-corrected chi connectivity index (χ4v) is 3.35. The molecular weight excluding hydrogens is 346 g/mol. The zero-order valence-corrected chi connectivity index (χ0v) is 14.9. The van der Waals surface area contributed by atoms with Crippen molar-refractivity contribution >= 4 is 29.4 Å². The number of aryl methyl sites for hydroxylation is 1. The van der Waals surface area contributed by atoms with Crippen LogP contribution >= 0.6 is 11.6 Å². The molecular formula is C17H20ClN3O4. The van der Waals surface area contributed by atoms with E-state index in [2.05, 4.69) is 10.6 Å². The lowest BCUT2D eigenvalue weighted by molar-refractivity contribution is -0.141. The Morgan fingerprint density at radius 2 is 2.00 bits per heavy atom. The van der Waals surface area contributed by atoms with E-state index >= 15 is 0 Å². The zero-order valence-electron chi connectivity index (χ0n) is 14.1. The summed E-state index contributed by atoms with van der Waals surface area (Å²) in [6.07, 6.45) is 0.0722. The summed E-state index contributed by atoms with van der Waals surface area (Å²) in [5.41, 5.74) is 0.0969. The monoisotopic (exact) mass is 365 g/mol. The third kappa shape index (κ3) is 3.42. The standard InChI is InChI=1S/C17H20ClN3O4/c1-10-3-4-12(18)13(9-10)25-11(2)14(22)21-7-5-17(6-8-21)15(23)19-16(24)20-17/h3-4,9,11H,5-8H2,1-2H3,(H2,19,20,23,24)/t11-/m0/s1. The molecule has 1 aromatic carbocycles. The zero-order chi connectivity index (χ0) is 18.2. The van der Waals surface area contributed by atoms with Gasteiger partial charge in [-0.05, 0) is 44.4 Å². The molecule has 8 heteroatoms. The molecule has 0 aliphatic carbocycles. The number of likely N-dealkylation sites (tertiary alicyclic amines) is 1. The van der Waals surface area contributed by atoms with Crippen LogP contribution in [0.2, 0.25) is 5.02 Å². The molecule has 2 fully saturated rings. The van der Waals surface area contributed by atoms with Crippen LogP contribution in [0.4, 0.5) is 4.79 Å². The largest absolute Gasteiger partial charge is 0.479 e. The van der Waals surface area contributed by atoms with Crippen molar-refractivity contribution in [3.63, 3.8) is 0 Å².